The van der Waals surface area contributed by atoms with Gasteiger partial charge in [0.15, 0.2) is 0 Å². The first-order chi connectivity index (χ1) is 9.04. The van der Waals surface area contributed by atoms with Gasteiger partial charge in [-0.2, -0.15) is 0 Å². The summed E-state index contributed by atoms with van der Waals surface area (Å²) in [5, 5.41) is 3.39. The lowest BCUT2D eigenvalue weighted by molar-refractivity contribution is -0.128. The van der Waals surface area contributed by atoms with E-state index in [4.69, 9.17) is 11.6 Å². The van der Waals surface area contributed by atoms with E-state index in [0.29, 0.717) is 30.2 Å². The number of halogens is 1. The molecule has 1 N–H and O–H groups in total. The molecule has 1 aromatic carbocycles. The molecule has 0 aliphatic heterocycles. The minimum Gasteiger partial charge on any atom is -0.350 e. The SMILES string of the molecule is CCCN(CCNC(=O)c1ccc(Cl)cc1)C(C)=O. The van der Waals surface area contributed by atoms with Gasteiger partial charge < -0.3 is 10.2 Å². The zero-order valence-corrected chi connectivity index (χ0v) is 12.0. The third-order valence-electron chi connectivity index (χ3n) is 2.71. The van der Waals surface area contributed by atoms with E-state index in [9.17, 15) is 9.59 Å². The second-order valence-corrected chi connectivity index (χ2v) is 4.71. The second-order valence-electron chi connectivity index (χ2n) is 4.27. The minimum absolute atomic E-state index is 0.0302. The highest BCUT2D eigenvalue weighted by Crippen LogP contribution is 2.09. The molecule has 1 rings (SSSR count). The van der Waals surface area contributed by atoms with Crippen LogP contribution in [0.4, 0.5) is 0 Å². The number of hydrogen-bond donors (Lipinski definition) is 1. The minimum atomic E-state index is -0.156. The fourth-order valence-electron chi connectivity index (χ4n) is 1.70. The monoisotopic (exact) mass is 282 g/mol. The van der Waals surface area contributed by atoms with Crippen molar-refractivity contribution in [1.29, 1.82) is 0 Å². The molecule has 0 radical (unpaired) electrons. The number of nitrogens with one attached hydrogen (secondary N) is 1. The number of rotatable bonds is 6. The first kappa shape index (κ1) is 15.5. The van der Waals surface area contributed by atoms with Gasteiger partial charge in [-0.05, 0) is 30.7 Å². The van der Waals surface area contributed by atoms with Crippen LogP contribution in [0, 0.1) is 0 Å². The Kier molecular flexibility index (Phi) is 6.36. The summed E-state index contributed by atoms with van der Waals surface area (Å²) in [6.07, 6.45) is 0.907. The number of nitrogens with zero attached hydrogens (tertiary/aromatic N) is 1. The quantitative estimate of drug-likeness (QED) is 0.870. The van der Waals surface area contributed by atoms with Crippen molar-refractivity contribution in [3.63, 3.8) is 0 Å². The number of benzene rings is 1. The average molecular weight is 283 g/mol. The molecule has 0 heterocycles. The molecule has 0 saturated heterocycles. The van der Waals surface area contributed by atoms with Gasteiger partial charge in [0.05, 0.1) is 0 Å². The predicted molar refractivity (Wildman–Crippen MR) is 76.3 cm³/mol. The lowest BCUT2D eigenvalue weighted by Gasteiger charge is -2.20. The molecule has 5 heteroatoms. The zero-order chi connectivity index (χ0) is 14.3. The van der Waals surface area contributed by atoms with Crippen LogP contribution < -0.4 is 5.32 Å². The summed E-state index contributed by atoms with van der Waals surface area (Å²) in [5.41, 5.74) is 0.564. The van der Waals surface area contributed by atoms with Gasteiger partial charge in [-0.3, -0.25) is 9.59 Å². The Balaban J connectivity index is 2.41. The molecule has 19 heavy (non-hydrogen) atoms. The maximum atomic E-state index is 11.8. The molecule has 4 nitrogen and oxygen atoms in total. The van der Waals surface area contributed by atoms with Crippen LogP contribution in [0.2, 0.25) is 5.02 Å². The maximum Gasteiger partial charge on any atom is 0.251 e. The molecular formula is C14H19ClN2O2. The molecule has 0 aliphatic rings. The van der Waals surface area contributed by atoms with Crippen LogP contribution in [0.3, 0.4) is 0 Å². The Morgan fingerprint density at radius 3 is 2.37 bits per heavy atom. The van der Waals surface area contributed by atoms with Gasteiger partial charge in [-0.15, -0.1) is 0 Å². The molecule has 0 fully saturated rings. The maximum absolute atomic E-state index is 11.8. The van der Waals surface area contributed by atoms with Crippen LogP contribution in [-0.4, -0.2) is 36.3 Å². The number of carbonyl (C=O) groups is 2. The third kappa shape index (κ3) is 5.30. The van der Waals surface area contributed by atoms with E-state index in [-0.39, 0.29) is 11.8 Å². The van der Waals surface area contributed by atoms with E-state index >= 15 is 0 Å². The summed E-state index contributed by atoms with van der Waals surface area (Å²) in [5.74, 6) is -0.126. The lowest BCUT2D eigenvalue weighted by Crippen LogP contribution is -2.37. The highest BCUT2D eigenvalue weighted by molar-refractivity contribution is 6.30. The van der Waals surface area contributed by atoms with E-state index in [0.717, 1.165) is 6.42 Å². The van der Waals surface area contributed by atoms with Crippen LogP contribution in [0.25, 0.3) is 0 Å². The van der Waals surface area contributed by atoms with Gasteiger partial charge in [0.2, 0.25) is 5.91 Å². The molecule has 0 atom stereocenters. The van der Waals surface area contributed by atoms with E-state index in [1.807, 2.05) is 6.92 Å². The highest BCUT2D eigenvalue weighted by atomic mass is 35.5. The summed E-state index contributed by atoms with van der Waals surface area (Å²) in [7, 11) is 0. The van der Waals surface area contributed by atoms with Gasteiger partial charge in [0.1, 0.15) is 0 Å². The topological polar surface area (TPSA) is 49.4 Å². The lowest BCUT2D eigenvalue weighted by atomic mass is 10.2. The Hall–Kier alpha value is -1.55. The molecule has 0 saturated carbocycles. The summed E-state index contributed by atoms with van der Waals surface area (Å²) >= 11 is 5.76. The van der Waals surface area contributed by atoms with Crippen molar-refractivity contribution >= 4 is 23.4 Å². The van der Waals surface area contributed by atoms with E-state index < -0.39 is 0 Å². The summed E-state index contributed by atoms with van der Waals surface area (Å²) in [6, 6.07) is 6.70. The van der Waals surface area contributed by atoms with Gasteiger partial charge in [0.25, 0.3) is 5.91 Å². The first-order valence-corrected chi connectivity index (χ1v) is 6.71. The Morgan fingerprint density at radius 2 is 1.84 bits per heavy atom. The van der Waals surface area contributed by atoms with Gasteiger partial charge in [-0.25, -0.2) is 0 Å². The summed E-state index contributed by atoms with van der Waals surface area (Å²) in [4.78, 5) is 24.8. The highest BCUT2D eigenvalue weighted by Gasteiger charge is 2.08. The van der Waals surface area contributed by atoms with Crippen molar-refractivity contribution in [2.24, 2.45) is 0 Å². The standard InChI is InChI=1S/C14H19ClN2O2/c1-3-9-17(11(2)18)10-8-16-14(19)12-4-6-13(15)7-5-12/h4-7H,3,8-10H2,1-2H3,(H,16,19). The molecule has 1 aromatic rings. The Labute approximate surface area is 118 Å². The fraction of sp³-hybridized carbons (Fsp3) is 0.429. The van der Waals surface area contributed by atoms with Crippen molar-refractivity contribution < 1.29 is 9.59 Å². The number of amides is 2. The largest absolute Gasteiger partial charge is 0.350 e. The van der Waals surface area contributed by atoms with Crippen LogP contribution >= 0.6 is 11.6 Å². The van der Waals surface area contributed by atoms with Crippen molar-refractivity contribution in [2.75, 3.05) is 19.6 Å². The fourth-order valence-corrected chi connectivity index (χ4v) is 1.83. The van der Waals surface area contributed by atoms with E-state index in [2.05, 4.69) is 5.32 Å². The van der Waals surface area contributed by atoms with Crippen LogP contribution in [0.15, 0.2) is 24.3 Å². The van der Waals surface area contributed by atoms with Crippen LogP contribution in [-0.2, 0) is 4.79 Å². The normalized spacial score (nSPS) is 10.1. The van der Waals surface area contributed by atoms with Gasteiger partial charge in [0, 0.05) is 37.1 Å². The van der Waals surface area contributed by atoms with Crippen LogP contribution in [0.1, 0.15) is 30.6 Å². The molecule has 0 unspecified atom stereocenters. The molecular weight excluding hydrogens is 264 g/mol. The molecule has 0 aliphatic carbocycles. The molecule has 104 valence electrons. The first-order valence-electron chi connectivity index (χ1n) is 6.34. The number of hydrogen-bond acceptors (Lipinski definition) is 2. The smallest absolute Gasteiger partial charge is 0.251 e. The second kappa shape index (κ2) is 7.79. The van der Waals surface area contributed by atoms with Crippen LogP contribution in [0.5, 0.6) is 0 Å². The molecule has 0 aromatic heterocycles. The average Bonchev–Trinajstić information content (AvgIpc) is 2.38. The summed E-state index contributed by atoms with van der Waals surface area (Å²) in [6.45, 7) is 5.24. The van der Waals surface area contributed by atoms with Crippen molar-refractivity contribution in [3.05, 3.63) is 34.9 Å². The Bertz CT molecular complexity index is 432. The van der Waals surface area contributed by atoms with E-state index in [1.165, 1.54) is 6.92 Å². The van der Waals surface area contributed by atoms with Crippen molar-refractivity contribution in [2.45, 2.75) is 20.3 Å². The Morgan fingerprint density at radius 1 is 1.21 bits per heavy atom. The number of carbonyl (C=O) groups excluding carboxylic acids is 2. The predicted octanol–water partition coefficient (Wildman–Crippen LogP) is 2.33. The van der Waals surface area contributed by atoms with Crippen molar-refractivity contribution in [3.8, 4) is 0 Å². The summed E-state index contributed by atoms with van der Waals surface area (Å²) < 4.78 is 0. The van der Waals surface area contributed by atoms with Crippen molar-refractivity contribution in [1.82, 2.24) is 10.2 Å². The van der Waals surface area contributed by atoms with E-state index in [1.54, 1.807) is 29.2 Å². The van der Waals surface area contributed by atoms with Gasteiger partial charge in [-0.1, -0.05) is 18.5 Å². The van der Waals surface area contributed by atoms with Gasteiger partial charge >= 0.3 is 0 Å². The third-order valence-corrected chi connectivity index (χ3v) is 2.96. The molecule has 0 bridgehead atoms. The molecule has 2 amide bonds. The molecule has 0 spiro atoms. The zero-order valence-electron chi connectivity index (χ0n) is 11.3.